The summed E-state index contributed by atoms with van der Waals surface area (Å²) in [5.74, 6) is 0. The van der Waals surface area contributed by atoms with Crippen molar-refractivity contribution < 1.29 is 0 Å². The van der Waals surface area contributed by atoms with E-state index in [2.05, 4.69) is 88.2 Å². The van der Waals surface area contributed by atoms with E-state index in [4.69, 9.17) is 4.99 Å². The Morgan fingerprint density at radius 3 is 1.76 bits per heavy atom. The first-order valence-corrected chi connectivity index (χ1v) is 12.4. The molecule has 3 aliphatic heterocycles. The van der Waals surface area contributed by atoms with E-state index in [0.29, 0.717) is 0 Å². The number of rotatable bonds is 5. The molecule has 0 atom stereocenters. The predicted octanol–water partition coefficient (Wildman–Crippen LogP) is 4.19. The van der Waals surface area contributed by atoms with Crippen LogP contribution in [0.15, 0.2) is 65.2 Å². The van der Waals surface area contributed by atoms with Gasteiger partial charge in [0.2, 0.25) is 0 Å². The van der Waals surface area contributed by atoms with Gasteiger partial charge in [0.05, 0.1) is 5.70 Å². The van der Waals surface area contributed by atoms with Gasteiger partial charge in [0, 0.05) is 81.9 Å². The third-order valence-corrected chi connectivity index (χ3v) is 6.96. The fourth-order valence-corrected chi connectivity index (χ4v) is 4.96. The van der Waals surface area contributed by atoms with E-state index in [-0.39, 0.29) is 0 Å². The topological polar surface area (TPSA) is 42.9 Å². The summed E-state index contributed by atoms with van der Waals surface area (Å²) in [7, 11) is 0. The van der Waals surface area contributed by atoms with Gasteiger partial charge in [-0.2, -0.15) is 0 Å². The maximum absolute atomic E-state index is 4.86. The lowest BCUT2D eigenvalue weighted by Gasteiger charge is -2.29. The Balaban J connectivity index is 1.41. The van der Waals surface area contributed by atoms with Crippen molar-refractivity contribution in [1.29, 1.82) is 0 Å². The van der Waals surface area contributed by atoms with Gasteiger partial charge in [0.25, 0.3) is 0 Å². The summed E-state index contributed by atoms with van der Waals surface area (Å²) in [5.41, 5.74) is 8.89. The highest BCUT2D eigenvalue weighted by molar-refractivity contribution is 5.91. The molecule has 0 spiro atoms. The second kappa shape index (κ2) is 10.4. The van der Waals surface area contributed by atoms with Crippen molar-refractivity contribution in [3.63, 3.8) is 0 Å². The summed E-state index contributed by atoms with van der Waals surface area (Å²) in [4.78, 5) is 9.77. The van der Waals surface area contributed by atoms with E-state index in [1.165, 1.54) is 33.6 Å². The first-order valence-electron chi connectivity index (χ1n) is 12.4. The van der Waals surface area contributed by atoms with Crippen molar-refractivity contribution in [3.8, 4) is 0 Å². The molecule has 5 rings (SSSR count). The standard InChI is InChI=1S/C28H35N5/c1-2-22-11-12-31-28(24-5-9-26(10-6-24)33-19-15-30-16-20-33)21-27(22)23-3-7-25(8-4-23)32-17-13-29-14-18-32/h3-10,12,21,29-30H,2,11,13-20H2,1H3. The molecule has 3 heterocycles. The van der Waals surface area contributed by atoms with Crippen LogP contribution in [0.25, 0.3) is 11.3 Å². The average Bonchev–Trinajstić information content (AvgIpc) is 3.13. The molecule has 5 heteroatoms. The number of nitrogens with zero attached hydrogens (tertiary/aromatic N) is 3. The number of aliphatic imine (C=N–C) groups is 1. The van der Waals surface area contributed by atoms with Crippen LogP contribution in [0, 0.1) is 0 Å². The summed E-state index contributed by atoms with van der Waals surface area (Å²) in [6.07, 6.45) is 6.32. The van der Waals surface area contributed by atoms with Crippen molar-refractivity contribution in [2.75, 3.05) is 62.2 Å². The third kappa shape index (κ3) is 5.05. The average molecular weight is 442 g/mol. The molecule has 2 fully saturated rings. The highest BCUT2D eigenvalue weighted by Crippen LogP contribution is 2.32. The van der Waals surface area contributed by atoms with Crippen LogP contribution in [0.3, 0.4) is 0 Å². The maximum Gasteiger partial charge on any atom is 0.0704 e. The maximum atomic E-state index is 4.86. The van der Waals surface area contributed by atoms with Crippen LogP contribution in [-0.4, -0.2) is 58.6 Å². The molecule has 0 radical (unpaired) electrons. The van der Waals surface area contributed by atoms with Gasteiger partial charge >= 0.3 is 0 Å². The quantitative estimate of drug-likeness (QED) is 0.730. The number of allylic oxidation sites excluding steroid dienone is 3. The first kappa shape index (κ1) is 21.9. The Hall–Kier alpha value is -2.89. The van der Waals surface area contributed by atoms with Crippen LogP contribution < -0.4 is 20.4 Å². The van der Waals surface area contributed by atoms with Crippen molar-refractivity contribution >= 4 is 28.9 Å². The molecule has 2 N–H and O–H groups in total. The number of hydrogen-bond donors (Lipinski definition) is 2. The van der Waals surface area contributed by atoms with Crippen molar-refractivity contribution in [1.82, 2.24) is 10.6 Å². The second-order valence-electron chi connectivity index (χ2n) is 8.98. The molecular formula is C28H35N5. The smallest absolute Gasteiger partial charge is 0.0704 e. The summed E-state index contributed by atoms with van der Waals surface area (Å²) in [6.45, 7) is 10.8. The number of anilines is 2. The zero-order chi connectivity index (χ0) is 22.5. The third-order valence-electron chi connectivity index (χ3n) is 6.96. The predicted molar refractivity (Wildman–Crippen MR) is 141 cm³/mol. The van der Waals surface area contributed by atoms with Crippen molar-refractivity contribution in [3.05, 3.63) is 71.3 Å². The van der Waals surface area contributed by atoms with Gasteiger partial charge in [-0.3, -0.25) is 4.99 Å². The number of benzene rings is 2. The molecular weight excluding hydrogens is 406 g/mol. The Bertz CT molecular complexity index is 1020. The van der Waals surface area contributed by atoms with Crippen LogP contribution in [0.4, 0.5) is 11.4 Å². The second-order valence-corrected chi connectivity index (χ2v) is 8.98. The Morgan fingerprint density at radius 1 is 0.727 bits per heavy atom. The lowest BCUT2D eigenvalue weighted by Crippen LogP contribution is -2.43. The van der Waals surface area contributed by atoms with Gasteiger partial charge in [-0.25, -0.2) is 0 Å². The van der Waals surface area contributed by atoms with Gasteiger partial charge in [-0.05, 0) is 47.9 Å². The fraction of sp³-hybridized carbons (Fsp3) is 0.393. The summed E-state index contributed by atoms with van der Waals surface area (Å²) in [6, 6.07) is 18.1. The molecule has 0 bridgehead atoms. The molecule has 172 valence electrons. The summed E-state index contributed by atoms with van der Waals surface area (Å²) >= 11 is 0. The van der Waals surface area contributed by atoms with Crippen LogP contribution in [0.5, 0.6) is 0 Å². The van der Waals surface area contributed by atoms with Gasteiger partial charge in [0.15, 0.2) is 0 Å². The van der Waals surface area contributed by atoms with E-state index in [0.717, 1.165) is 70.9 Å². The first-order chi connectivity index (χ1) is 16.3. The van der Waals surface area contributed by atoms with Crippen molar-refractivity contribution in [2.45, 2.75) is 19.8 Å². The highest BCUT2D eigenvalue weighted by Gasteiger charge is 2.15. The minimum atomic E-state index is 0.907. The molecule has 2 aromatic rings. The molecule has 0 saturated carbocycles. The molecule has 0 aromatic heterocycles. The Labute approximate surface area is 197 Å². The van der Waals surface area contributed by atoms with Crippen LogP contribution >= 0.6 is 0 Å². The normalized spacial score (nSPS) is 19.5. The number of nitrogens with one attached hydrogen (secondary N) is 2. The van der Waals surface area contributed by atoms with Gasteiger partial charge in [0.1, 0.15) is 0 Å². The SMILES string of the molecule is CCC1=C(c2ccc(N3CCNCC3)cc2)C=C(c2ccc(N3CCNCC3)cc2)N=CC1. The van der Waals surface area contributed by atoms with Crippen molar-refractivity contribution in [2.24, 2.45) is 4.99 Å². The summed E-state index contributed by atoms with van der Waals surface area (Å²) < 4.78 is 0. The fourth-order valence-electron chi connectivity index (χ4n) is 4.96. The Morgan fingerprint density at radius 2 is 1.24 bits per heavy atom. The summed E-state index contributed by atoms with van der Waals surface area (Å²) in [5, 5.41) is 6.86. The van der Waals surface area contributed by atoms with Crippen LogP contribution in [-0.2, 0) is 0 Å². The Kier molecular flexibility index (Phi) is 6.89. The zero-order valence-corrected chi connectivity index (χ0v) is 19.7. The lowest BCUT2D eigenvalue weighted by molar-refractivity contribution is 0.589. The monoisotopic (exact) mass is 441 g/mol. The number of piperazine rings is 2. The van der Waals surface area contributed by atoms with E-state index >= 15 is 0 Å². The van der Waals surface area contributed by atoms with Crippen LogP contribution in [0.2, 0.25) is 0 Å². The van der Waals surface area contributed by atoms with Crippen LogP contribution in [0.1, 0.15) is 30.9 Å². The van der Waals surface area contributed by atoms with E-state index in [1.54, 1.807) is 0 Å². The molecule has 0 unspecified atom stereocenters. The minimum absolute atomic E-state index is 0.907. The molecule has 2 saturated heterocycles. The number of hydrogen-bond acceptors (Lipinski definition) is 5. The van der Waals surface area contributed by atoms with E-state index in [9.17, 15) is 0 Å². The molecule has 33 heavy (non-hydrogen) atoms. The van der Waals surface area contributed by atoms with E-state index in [1.807, 2.05) is 0 Å². The van der Waals surface area contributed by atoms with Gasteiger partial charge < -0.3 is 20.4 Å². The lowest BCUT2D eigenvalue weighted by atomic mass is 9.95. The molecule has 0 aliphatic carbocycles. The van der Waals surface area contributed by atoms with Gasteiger partial charge in [-0.1, -0.05) is 36.8 Å². The van der Waals surface area contributed by atoms with E-state index < -0.39 is 0 Å². The zero-order valence-electron chi connectivity index (χ0n) is 19.7. The minimum Gasteiger partial charge on any atom is -0.369 e. The highest BCUT2D eigenvalue weighted by atomic mass is 15.2. The molecule has 3 aliphatic rings. The molecule has 2 aromatic carbocycles. The largest absolute Gasteiger partial charge is 0.369 e. The molecule has 0 amide bonds. The van der Waals surface area contributed by atoms with Gasteiger partial charge in [-0.15, -0.1) is 0 Å². The molecule has 5 nitrogen and oxygen atoms in total.